The summed E-state index contributed by atoms with van der Waals surface area (Å²) in [5.74, 6) is -1.12. The van der Waals surface area contributed by atoms with Crippen LogP contribution < -0.4 is 4.74 Å². The molecule has 6 heteroatoms. The fourth-order valence-electron chi connectivity index (χ4n) is 1.78. The summed E-state index contributed by atoms with van der Waals surface area (Å²) in [7, 11) is 1.48. The second kappa shape index (κ2) is 7.49. The number of esters is 1. The molecular formula is C14H18O6. The third-order valence-corrected chi connectivity index (χ3v) is 2.76. The van der Waals surface area contributed by atoms with Crippen molar-refractivity contribution in [3.8, 4) is 5.75 Å². The molecular weight excluding hydrogens is 264 g/mol. The number of methoxy groups -OCH3 is 1. The van der Waals surface area contributed by atoms with Gasteiger partial charge in [0.1, 0.15) is 5.75 Å². The first-order valence-electron chi connectivity index (χ1n) is 6.22. The van der Waals surface area contributed by atoms with E-state index in [0.717, 1.165) is 0 Å². The number of benzene rings is 1. The van der Waals surface area contributed by atoms with Crippen LogP contribution in [0.5, 0.6) is 5.75 Å². The van der Waals surface area contributed by atoms with Gasteiger partial charge in [0.15, 0.2) is 6.10 Å². The molecule has 6 nitrogen and oxygen atoms in total. The molecule has 0 aliphatic heterocycles. The number of hydrogen-bond donors (Lipinski definition) is 2. The summed E-state index contributed by atoms with van der Waals surface area (Å²) in [5.41, 5.74) is 0.899. The minimum atomic E-state index is -1.60. The van der Waals surface area contributed by atoms with E-state index in [1.807, 2.05) is 0 Å². The maximum Gasteiger partial charge on any atom is 0.337 e. The van der Waals surface area contributed by atoms with Crippen LogP contribution in [0.4, 0.5) is 0 Å². The van der Waals surface area contributed by atoms with Crippen molar-refractivity contribution in [2.24, 2.45) is 0 Å². The average molecular weight is 282 g/mol. The van der Waals surface area contributed by atoms with E-state index >= 15 is 0 Å². The van der Waals surface area contributed by atoms with Gasteiger partial charge in [-0.05, 0) is 36.6 Å². The van der Waals surface area contributed by atoms with Gasteiger partial charge >= 0.3 is 11.9 Å². The number of aryl methyl sites for hydroxylation is 1. The Hall–Kier alpha value is -2.08. The average Bonchev–Trinajstić information content (AvgIpc) is 2.44. The second-order valence-corrected chi connectivity index (χ2v) is 4.12. The highest BCUT2D eigenvalue weighted by atomic mass is 16.5. The monoisotopic (exact) mass is 282 g/mol. The Labute approximate surface area is 116 Å². The van der Waals surface area contributed by atoms with Crippen LogP contribution in [0.25, 0.3) is 0 Å². The minimum Gasteiger partial charge on any atom is -0.496 e. The zero-order valence-corrected chi connectivity index (χ0v) is 11.5. The van der Waals surface area contributed by atoms with Crippen molar-refractivity contribution in [2.75, 3.05) is 13.7 Å². The van der Waals surface area contributed by atoms with E-state index < -0.39 is 12.1 Å². The van der Waals surface area contributed by atoms with E-state index in [9.17, 15) is 14.7 Å². The van der Waals surface area contributed by atoms with E-state index in [2.05, 4.69) is 0 Å². The van der Waals surface area contributed by atoms with E-state index in [4.69, 9.17) is 14.6 Å². The van der Waals surface area contributed by atoms with Crippen molar-refractivity contribution in [1.82, 2.24) is 0 Å². The van der Waals surface area contributed by atoms with Gasteiger partial charge in [0.05, 0.1) is 13.7 Å². The normalized spacial score (nSPS) is 11.8. The molecule has 0 spiro atoms. The summed E-state index contributed by atoms with van der Waals surface area (Å²) in [5, 5.41) is 18.3. The van der Waals surface area contributed by atoms with Crippen molar-refractivity contribution in [3.05, 3.63) is 29.3 Å². The van der Waals surface area contributed by atoms with E-state index in [1.54, 1.807) is 13.0 Å². The molecule has 0 saturated heterocycles. The minimum absolute atomic E-state index is 0.164. The Morgan fingerprint density at radius 1 is 1.35 bits per heavy atom. The number of rotatable bonds is 7. The smallest absolute Gasteiger partial charge is 0.337 e. The van der Waals surface area contributed by atoms with E-state index in [0.29, 0.717) is 24.3 Å². The number of carboxylic acid groups (broad SMARTS) is 1. The van der Waals surface area contributed by atoms with E-state index in [1.165, 1.54) is 19.2 Å². The second-order valence-electron chi connectivity index (χ2n) is 4.12. The molecule has 0 aliphatic carbocycles. The molecule has 2 N–H and O–H groups in total. The van der Waals surface area contributed by atoms with Gasteiger partial charge in [-0.1, -0.05) is 6.07 Å². The molecule has 0 saturated carbocycles. The topological polar surface area (TPSA) is 93.1 Å². The van der Waals surface area contributed by atoms with Crippen LogP contribution in [0.3, 0.4) is 0 Å². The first kappa shape index (κ1) is 16.0. The van der Waals surface area contributed by atoms with Gasteiger partial charge in [-0.2, -0.15) is 0 Å². The Kier molecular flexibility index (Phi) is 5.99. The van der Waals surface area contributed by atoms with Gasteiger partial charge in [0.2, 0.25) is 0 Å². The molecule has 1 unspecified atom stereocenters. The number of aliphatic carboxylic acids is 1. The maximum atomic E-state index is 11.3. The van der Waals surface area contributed by atoms with Crippen molar-refractivity contribution >= 4 is 11.9 Å². The molecule has 1 aromatic carbocycles. The highest BCUT2D eigenvalue weighted by molar-refractivity contribution is 5.74. The molecule has 1 rings (SSSR count). The van der Waals surface area contributed by atoms with Gasteiger partial charge in [-0.15, -0.1) is 0 Å². The number of aliphatic hydroxyl groups excluding tert-OH is 1. The van der Waals surface area contributed by atoms with Crippen LogP contribution in [0.1, 0.15) is 30.6 Å². The fourth-order valence-corrected chi connectivity index (χ4v) is 1.78. The SMILES string of the molecule is CCOC(=O)CCc1cc(C(O)C(=O)O)ccc1OC. The summed E-state index contributed by atoms with van der Waals surface area (Å²) in [6.45, 7) is 2.04. The number of aliphatic hydroxyl groups is 1. The number of carbonyl (C=O) groups excluding carboxylic acids is 1. The summed E-state index contributed by atoms with van der Waals surface area (Å²) >= 11 is 0. The van der Waals surface area contributed by atoms with Gasteiger partial charge in [0.25, 0.3) is 0 Å². The van der Waals surface area contributed by atoms with Crippen molar-refractivity contribution in [1.29, 1.82) is 0 Å². The predicted molar refractivity (Wildman–Crippen MR) is 70.5 cm³/mol. The molecule has 0 radical (unpaired) electrons. The first-order valence-corrected chi connectivity index (χ1v) is 6.22. The van der Waals surface area contributed by atoms with Crippen LogP contribution >= 0.6 is 0 Å². The van der Waals surface area contributed by atoms with Gasteiger partial charge < -0.3 is 19.7 Å². The Balaban J connectivity index is 2.89. The van der Waals surface area contributed by atoms with Crippen LogP contribution in [0.15, 0.2) is 18.2 Å². The summed E-state index contributed by atoms with van der Waals surface area (Å²) in [6, 6.07) is 4.57. The lowest BCUT2D eigenvalue weighted by Gasteiger charge is -2.12. The molecule has 1 atom stereocenters. The van der Waals surface area contributed by atoms with Crippen molar-refractivity contribution in [3.63, 3.8) is 0 Å². The highest BCUT2D eigenvalue weighted by Crippen LogP contribution is 2.25. The largest absolute Gasteiger partial charge is 0.496 e. The highest BCUT2D eigenvalue weighted by Gasteiger charge is 2.18. The lowest BCUT2D eigenvalue weighted by Crippen LogP contribution is -2.11. The molecule has 0 bridgehead atoms. The van der Waals surface area contributed by atoms with Gasteiger partial charge in [-0.3, -0.25) is 4.79 Å². The predicted octanol–water partition coefficient (Wildman–Crippen LogP) is 1.31. The number of carboxylic acids is 1. The lowest BCUT2D eigenvalue weighted by molar-refractivity contribution is -0.147. The van der Waals surface area contributed by atoms with Crippen LogP contribution in [0.2, 0.25) is 0 Å². The molecule has 0 amide bonds. The fraction of sp³-hybridized carbons (Fsp3) is 0.429. The zero-order valence-electron chi connectivity index (χ0n) is 11.5. The van der Waals surface area contributed by atoms with Crippen LogP contribution in [-0.2, 0) is 20.7 Å². The molecule has 20 heavy (non-hydrogen) atoms. The maximum absolute atomic E-state index is 11.3. The molecule has 0 aliphatic rings. The lowest BCUT2D eigenvalue weighted by atomic mass is 10.0. The third kappa shape index (κ3) is 4.24. The number of carbonyl (C=O) groups is 2. The molecule has 1 aromatic rings. The molecule has 0 heterocycles. The van der Waals surface area contributed by atoms with Gasteiger partial charge in [-0.25, -0.2) is 4.79 Å². The molecule has 0 fully saturated rings. The van der Waals surface area contributed by atoms with Crippen molar-refractivity contribution in [2.45, 2.75) is 25.9 Å². The molecule has 0 aromatic heterocycles. The van der Waals surface area contributed by atoms with Crippen LogP contribution in [0, 0.1) is 0 Å². The number of hydrogen-bond acceptors (Lipinski definition) is 5. The van der Waals surface area contributed by atoms with E-state index in [-0.39, 0.29) is 18.0 Å². The quantitative estimate of drug-likeness (QED) is 0.732. The third-order valence-electron chi connectivity index (χ3n) is 2.76. The van der Waals surface area contributed by atoms with Crippen LogP contribution in [-0.4, -0.2) is 35.9 Å². The summed E-state index contributed by atoms with van der Waals surface area (Å²) < 4.78 is 9.98. The first-order chi connectivity index (χ1) is 9.49. The standard InChI is InChI=1S/C14H18O6/c1-3-20-12(15)7-5-9-8-10(13(16)14(17)18)4-6-11(9)19-2/h4,6,8,13,16H,3,5,7H2,1-2H3,(H,17,18). The summed E-state index contributed by atoms with van der Waals surface area (Å²) in [6.07, 6.45) is -1.08. The Bertz CT molecular complexity index is 483. The van der Waals surface area contributed by atoms with Gasteiger partial charge in [0, 0.05) is 6.42 Å². The Morgan fingerprint density at radius 2 is 2.05 bits per heavy atom. The number of ether oxygens (including phenoxy) is 2. The van der Waals surface area contributed by atoms with Crippen molar-refractivity contribution < 1.29 is 29.3 Å². The molecule has 110 valence electrons. The zero-order chi connectivity index (χ0) is 15.1. The summed E-state index contributed by atoms with van der Waals surface area (Å²) in [4.78, 5) is 22.1. The Morgan fingerprint density at radius 3 is 2.60 bits per heavy atom.